The van der Waals surface area contributed by atoms with Gasteiger partial charge in [-0.15, -0.1) is 0 Å². The van der Waals surface area contributed by atoms with Crippen LogP contribution in [0, 0.1) is 5.92 Å². The van der Waals surface area contributed by atoms with Gasteiger partial charge in [0.2, 0.25) is 0 Å². The molecule has 0 saturated heterocycles. The third kappa shape index (κ3) is 4.53. The van der Waals surface area contributed by atoms with Crippen LogP contribution in [-0.2, 0) is 0 Å². The highest BCUT2D eigenvalue weighted by atomic mass is 19.3. The lowest BCUT2D eigenvalue weighted by Crippen LogP contribution is -2.40. The van der Waals surface area contributed by atoms with Gasteiger partial charge in [-0.25, -0.2) is 8.78 Å². The predicted molar refractivity (Wildman–Crippen MR) is 79.9 cm³/mol. The molecule has 0 fully saturated rings. The molecule has 20 heavy (non-hydrogen) atoms. The summed E-state index contributed by atoms with van der Waals surface area (Å²) in [5.74, 6) is 0.534. The molecule has 0 aliphatic rings. The van der Waals surface area contributed by atoms with Crippen LogP contribution >= 0.6 is 0 Å². The van der Waals surface area contributed by atoms with E-state index in [1.807, 2.05) is 0 Å². The first kappa shape index (κ1) is 17.1. The molecule has 2 N–H and O–H groups in total. The largest absolute Gasteiger partial charge is 0.329 e. The van der Waals surface area contributed by atoms with Gasteiger partial charge >= 0.3 is 0 Å². The number of hydrogen-bond donors (Lipinski definition) is 1. The Morgan fingerprint density at radius 1 is 1.00 bits per heavy atom. The van der Waals surface area contributed by atoms with E-state index in [4.69, 9.17) is 5.73 Å². The Morgan fingerprint density at radius 2 is 1.50 bits per heavy atom. The van der Waals surface area contributed by atoms with Crippen molar-refractivity contribution in [1.82, 2.24) is 4.90 Å². The average molecular weight is 284 g/mol. The van der Waals surface area contributed by atoms with Gasteiger partial charge in [-0.1, -0.05) is 38.1 Å². The zero-order valence-corrected chi connectivity index (χ0v) is 12.8. The lowest BCUT2D eigenvalue weighted by atomic mass is 10.0. The minimum atomic E-state index is -2.42. The van der Waals surface area contributed by atoms with Crippen molar-refractivity contribution < 1.29 is 8.78 Å². The van der Waals surface area contributed by atoms with Gasteiger partial charge in [0.05, 0.1) is 0 Å². The molecule has 0 saturated carbocycles. The van der Waals surface area contributed by atoms with Crippen LogP contribution in [0.1, 0.15) is 51.3 Å². The zero-order valence-electron chi connectivity index (χ0n) is 12.8. The molecule has 1 aromatic rings. The quantitative estimate of drug-likeness (QED) is 0.820. The van der Waals surface area contributed by atoms with Crippen LogP contribution in [0.5, 0.6) is 0 Å². The molecule has 1 rings (SSSR count). The van der Waals surface area contributed by atoms with E-state index < -0.39 is 6.43 Å². The lowest BCUT2D eigenvalue weighted by Gasteiger charge is -2.36. The highest BCUT2D eigenvalue weighted by molar-refractivity contribution is 5.26. The predicted octanol–water partition coefficient (Wildman–Crippen LogP) is 3.99. The van der Waals surface area contributed by atoms with Gasteiger partial charge in [0.1, 0.15) is 0 Å². The standard InChI is InChI=1S/C16H26F2N2/c1-11(2)10-20(12(3)4)15(9-19)13-5-7-14(8-6-13)16(17)18/h5-8,11-12,15-16H,9-10,19H2,1-4H3. The van der Waals surface area contributed by atoms with Gasteiger partial charge in [0.25, 0.3) is 6.43 Å². The summed E-state index contributed by atoms with van der Waals surface area (Å²) in [6.45, 7) is 10.0. The van der Waals surface area contributed by atoms with Crippen LogP contribution in [-0.4, -0.2) is 24.0 Å². The van der Waals surface area contributed by atoms with Gasteiger partial charge in [-0.3, -0.25) is 4.90 Å². The van der Waals surface area contributed by atoms with E-state index in [0.717, 1.165) is 12.1 Å². The second kappa shape index (κ2) is 7.70. The summed E-state index contributed by atoms with van der Waals surface area (Å²) in [7, 11) is 0. The summed E-state index contributed by atoms with van der Waals surface area (Å²) in [6.07, 6.45) is -2.42. The fraction of sp³-hybridized carbons (Fsp3) is 0.625. The third-order valence-electron chi connectivity index (χ3n) is 3.44. The molecule has 0 bridgehead atoms. The van der Waals surface area contributed by atoms with Crippen LogP contribution in [0.15, 0.2) is 24.3 Å². The van der Waals surface area contributed by atoms with Crippen molar-refractivity contribution in [1.29, 1.82) is 0 Å². The Bertz CT molecular complexity index is 388. The second-order valence-electron chi connectivity index (χ2n) is 5.90. The summed E-state index contributed by atoms with van der Waals surface area (Å²) < 4.78 is 25.2. The van der Waals surface area contributed by atoms with Crippen molar-refractivity contribution in [3.8, 4) is 0 Å². The first-order valence-electron chi connectivity index (χ1n) is 7.20. The first-order chi connectivity index (χ1) is 9.36. The molecule has 1 aromatic carbocycles. The fourth-order valence-corrected chi connectivity index (χ4v) is 2.45. The molecule has 0 amide bonds. The molecule has 1 atom stereocenters. The number of nitrogens with two attached hydrogens (primary N) is 1. The summed E-state index contributed by atoms with van der Waals surface area (Å²) in [5, 5.41) is 0. The molecule has 0 radical (unpaired) electrons. The molecule has 2 nitrogen and oxygen atoms in total. The minimum absolute atomic E-state index is 0.0597. The van der Waals surface area contributed by atoms with E-state index in [1.54, 1.807) is 12.1 Å². The van der Waals surface area contributed by atoms with E-state index in [1.165, 1.54) is 12.1 Å². The van der Waals surface area contributed by atoms with Crippen LogP contribution < -0.4 is 5.73 Å². The minimum Gasteiger partial charge on any atom is -0.329 e. The monoisotopic (exact) mass is 284 g/mol. The number of nitrogens with zero attached hydrogens (tertiary/aromatic N) is 1. The topological polar surface area (TPSA) is 29.3 Å². The third-order valence-corrected chi connectivity index (χ3v) is 3.44. The number of halogens is 2. The Kier molecular flexibility index (Phi) is 6.56. The van der Waals surface area contributed by atoms with Gasteiger partial charge in [-0.2, -0.15) is 0 Å². The Morgan fingerprint density at radius 3 is 1.85 bits per heavy atom. The van der Waals surface area contributed by atoms with Gasteiger partial charge in [0.15, 0.2) is 0 Å². The summed E-state index contributed by atoms with van der Waals surface area (Å²) >= 11 is 0. The lowest BCUT2D eigenvalue weighted by molar-refractivity contribution is 0.138. The second-order valence-corrected chi connectivity index (χ2v) is 5.90. The summed E-state index contributed by atoms with van der Waals surface area (Å²) in [5.41, 5.74) is 6.99. The molecule has 0 aromatic heterocycles. The normalized spacial score (nSPS) is 13.8. The zero-order chi connectivity index (χ0) is 15.3. The van der Waals surface area contributed by atoms with Crippen LogP contribution in [0.4, 0.5) is 8.78 Å². The summed E-state index contributed by atoms with van der Waals surface area (Å²) in [6, 6.07) is 6.97. The van der Waals surface area contributed by atoms with Gasteiger partial charge in [-0.05, 0) is 25.3 Å². The van der Waals surface area contributed by atoms with E-state index in [9.17, 15) is 8.78 Å². The molecule has 114 valence electrons. The van der Waals surface area contributed by atoms with E-state index in [2.05, 4.69) is 32.6 Å². The van der Waals surface area contributed by atoms with E-state index in [-0.39, 0.29) is 11.6 Å². The molecule has 1 unspecified atom stereocenters. The van der Waals surface area contributed by atoms with Gasteiger partial charge < -0.3 is 5.73 Å². The Hall–Kier alpha value is -1.00. The Labute approximate surface area is 121 Å². The van der Waals surface area contributed by atoms with E-state index in [0.29, 0.717) is 18.5 Å². The maximum atomic E-state index is 12.6. The van der Waals surface area contributed by atoms with Crippen molar-refractivity contribution in [3.05, 3.63) is 35.4 Å². The maximum Gasteiger partial charge on any atom is 0.263 e. The summed E-state index contributed by atoms with van der Waals surface area (Å²) in [4.78, 5) is 2.34. The Balaban J connectivity index is 2.97. The highest BCUT2D eigenvalue weighted by Gasteiger charge is 2.22. The molecular formula is C16H26F2N2. The van der Waals surface area contributed by atoms with Crippen molar-refractivity contribution in [3.63, 3.8) is 0 Å². The van der Waals surface area contributed by atoms with Gasteiger partial charge in [0, 0.05) is 30.7 Å². The molecule has 0 spiro atoms. The number of hydrogen-bond acceptors (Lipinski definition) is 2. The number of benzene rings is 1. The molecule has 0 aliphatic heterocycles. The molecule has 0 aliphatic carbocycles. The number of rotatable bonds is 7. The van der Waals surface area contributed by atoms with Crippen LogP contribution in [0.2, 0.25) is 0 Å². The maximum absolute atomic E-state index is 12.6. The van der Waals surface area contributed by atoms with Crippen LogP contribution in [0.25, 0.3) is 0 Å². The first-order valence-corrected chi connectivity index (χ1v) is 7.20. The molecule has 0 heterocycles. The number of alkyl halides is 2. The van der Waals surface area contributed by atoms with Crippen molar-refractivity contribution in [2.24, 2.45) is 11.7 Å². The van der Waals surface area contributed by atoms with Crippen molar-refractivity contribution in [2.75, 3.05) is 13.1 Å². The smallest absolute Gasteiger partial charge is 0.263 e. The van der Waals surface area contributed by atoms with Crippen molar-refractivity contribution >= 4 is 0 Å². The SMILES string of the molecule is CC(C)CN(C(C)C)C(CN)c1ccc(C(F)F)cc1. The highest BCUT2D eigenvalue weighted by Crippen LogP contribution is 2.26. The molecule has 4 heteroatoms. The van der Waals surface area contributed by atoms with E-state index >= 15 is 0 Å². The van der Waals surface area contributed by atoms with Crippen LogP contribution in [0.3, 0.4) is 0 Å². The fourth-order valence-electron chi connectivity index (χ4n) is 2.45. The molecular weight excluding hydrogens is 258 g/mol. The van der Waals surface area contributed by atoms with Crippen molar-refractivity contribution in [2.45, 2.75) is 46.2 Å². The average Bonchev–Trinajstić information content (AvgIpc) is 2.38.